The van der Waals surface area contributed by atoms with Crippen molar-refractivity contribution < 1.29 is 14.7 Å². The largest absolute Gasteiger partial charge is 0.480 e. The molecule has 0 spiro atoms. The number of nitrogens with zero attached hydrogens (tertiary/aromatic N) is 1. The number of Topliss-reactive ketones (excluding diaryl/α,β-unsaturated/α-hetero) is 1. The van der Waals surface area contributed by atoms with Crippen LogP contribution in [0.15, 0.2) is 24.5 Å². The van der Waals surface area contributed by atoms with Crippen LogP contribution < -0.4 is 11.5 Å². The molecule has 0 bridgehead atoms. The molecule has 5 N–H and O–H groups in total. The lowest BCUT2D eigenvalue weighted by molar-refractivity contribution is -0.138. The number of carboxylic acids is 1. The Morgan fingerprint density at radius 1 is 1.44 bits per heavy atom. The Kier molecular flexibility index (Phi) is 5.41. The molecule has 98 valence electrons. The molecule has 0 amide bonds. The number of aromatic nitrogens is 1. The molecular weight excluding hydrogens is 234 g/mol. The summed E-state index contributed by atoms with van der Waals surface area (Å²) >= 11 is 0. The maximum absolute atomic E-state index is 12.1. The quantitative estimate of drug-likeness (QED) is 0.588. The molecule has 6 nitrogen and oxygen atoms in total. The van der Waals surface area contributed by atoms with Gasteiger partial charge < -0.3 is 16.6 Å². The Morgan fingerprint density at radius 2 is 2.17 bits per heavy atom. The van der Waals surface area contributed by atoms with Gasteiger partial charge in [0, 0.05) is 23.9 Å². The second-order valence-electron chi connectivity index (χ2n) is 4.06. The highest BCUT2D eigenvalue weighted by Gasteiger charge is 2.25. The molecule has 1 aromatic heterocycles. The van der Waals surface area contributed by atoms with Crippen LogP contribution in [0.5, 0.6) is 0 Å². The van der Waals surface area contributed by atoms with Crippen molar-refractivity contribution in [2.45, 2.75) is 18.9 Å². The lowest BCUT2D eigenvalue weighted by Gasteiger charge is -2.17. The summed E-state index contributed by atoms with van der Waals surface area (Å²) in [5, 5.41) is 8.77. The molecule has 1 aromatic rings. The predicted molar refractivity (Wildman–Crippen MR) is 66.0 cm³/mol. The monoisotopic (exact) mass is 251 g/mol. The van der Waals surface area contributed by atoms with E-state index < -0.39 is 17.9 Å². The number of rotatable bonds is 7. The summed E-state index contributed by atoms with van der Waals surface area (Å²) in [5.74, 6) is -1.76. The highest BCUT2D eigenvalue weighted by molar-refractivity contribution is 5.97. The van der Waals surface area contributed by atoms with Crippen molar-refractivity contribution >= 4 is 11.8 Å². The number of hydrogen-bond acceptors (Lipinski definition) is 5. The molecule has 0 aliphatic carbocycles. The first kappa shape index (κ1) is 14.3. The highest BCUT2D eigenvalue weighted by Crippen LogP contribution is 2.16. The normalized spacial score (nSPS) is 13.9. The fourth-order valence-corrected chi connectivity index (χ4v) is 1.71. The Labute approximate surface area is 105 Å². The average Bonchev–Trinajstić information content (AvgIpc) is 2.38. The number of aliphatic carboxylic acids is 1. The van der Waals surface area contributed by atoms with Crippen molar-refractivity contribution in [2.24, 2.45) is 17.4 Å². The van der Waals surface area contributed by atoms with Crippen molar-refractivity contribution in [2.75, 3.05) is 6.54 Å². The number of nitrogens with two attached hydrogens (primary N) is 2. The van der Waals surface area contributed by atoms with Gasteiger partial charge in [0.25, 0.3) is 0 Å². The van der Waals surface area contributed by atoms with E-state index in [0.29, 0.717) is 18.5 Å². The molecule has 0 saturated carbocycles. The van der Waals surface area contributed by atoms with E-state index in [1.54, 1.807) is 18.3 Å². The fourth-order valence-electron chi connectivity index (χ4n) is 1.71. The number of carboxylic acid groups (broad SMARTS) is 1. The van der Waals surface area contributed by atoms with Gasteiger partial charge in [-0.1, -0.05) is 0 Å². The Hall–Kier alpha value is -1.79. The van der Waals surface area contributed by atoms with Crippen LogP contribution in [0.2, 0.25) is 0 Å². The first-order valence-electron chi connectivity index (χ1n) is 5.69. The van der Waals surface area contributed by atoms with Gasteiger partial charge in [-0.05, 0) is 31.5 Å². The summed E-state index contributed by atoms with van der Waals surface area (Å²) in [6, 6.07) is 2.25. The summed E-state index contributed by atoms with van der Waals surface area (Å²) < 4.78 is 0. The van der Waals surface area contributed by atoms with Crippen LogP contribution >= 0.6 is 0 Å². The zero-order valence-corrected chi connectivity index (χ0v) is 9.95. The predicted octanol–water partition coefficient (Wildman–Crippen LogP) is 0.0313. The summed E-state index contributed by atoms with van der Waals surface area (Å²) in [6.07, 6.45) is 3.52. The Morgan fingerprint density at radius 3 is 2.67 bits per heavy atom. The number of hydrogen-bond donors (Lipinski definition) is 3. The molecular formula is C12H17N3O3. The highest BCUT2D eigenvalue weighted by atomic mass is 16.4. The Bertz CT molecular complexity index is 408. The van der Waals surface area contributed by atoms with Crippen molar-refractivity contribution in [3.8, 4) is 0 Å². The minimum atomic E-state index is -1.11. The van der Waals surface area contributed by atoms with Crippen molar-refractivity contribution in [3.05, 3.63) is 30.1 Å². The van der Waals surface area contributed by atoms with Gasteiger partial charge in [-0.25, -0.2) is 0 Å². The van der Waals surface area contributed by atoms with E-state index in [4.69, 9.17) is 16.6 Å². The molecule has 0 radical (unpaired) electrons. The fraction of sp³-hybridized carbons (Fsp3) is 0.417. The molecule has 0 aromatic carbocycles. The van der Waals surface area contributed by atoms with Crippen LogP contribution in [0.1, 0.15) is 23.2 Å². The maximum atomic E-state index is 12.1. The van der Waals surface area contributed by atoms with Crippen molar-refractivity contribution in [1.29, 1.82) is 0 Å². The molecule has 2 atom stereocenters. The van der Waals surface area contributed by atoms with E-state index in [9.17, 15) is 9.59 Å². The first-order valence-corrected chi connectivity index (χ1v) is 5.69. The van der Waals surface area contributed by atoms with Gasteiger partial charge >= 0.3 is 5.97 Å². The van der Waals surface area contributed by atoms with Crippen LogP contribution in [0, 0.1) is 5.92 Å². The van der Waals surface area contributed by atoms with Crippen molar-refractivity contribution in [3.63, 3.8) is 0 Å². The molecule has 1 rings (SSSR count). The standard InChI is InChI=1S/C12H17N3O3/c13-4-3-8(6-10(14)12(17)18)11(16)9-2-1-5-15-7-9/h1-2,5,7-8,10H,3-4,6,13-14H2,(H,17,18)/t8?,10-/m0/s1. The summed E-state index contributed by atoms with van der Waals surface area (Å²) in [5.41, 5.74) is 11.3. The van der Waals surface area contributed by atoms with E-state index in [1.807, 2.05) is 0 Å². The second-order valence-corrected chi connectivity index (χ2v) is 4.06. The van der Waals surface area contributed by atoms with E-state index in [1.165, 1.54) is 6.20 Å². The van der Waals surface area contributed by atoms with Crippen LogP contribution in [-0.4, -0.2) is 34.4 Å². The lowest BCUT2D eigenvalue weighted by Crippen LogP contribution is -2.35. The molecule has 0 saturated heterocycles. The minimum Gasteiger partial charge on any atom is -0.480 e. The van der Waals surface area contributed by atoms with Gasteiger partial charge in [-0.15, -0.1) is 0 Å². The van der Waals surface area contributed by atoms with Crippen LogP contribution in [0.4, 0.5) is 0 Å². The smallest absolute Gasteiger partial charge is 0.320 e. The zero-order chi connectivity index (χ0) is 13.5. The summed E-state index contributed by atoms with van der Waals surface area (Å²) in [7, 11) is 0. The molecule has 0 fully saturated rings. The van der Waals surface area contributed by atoms with Crippen molar-refractivity contribution in [1.82, 2.24) is 4.98 Å². The van der Waals surface area contributed by atoms with E-state index >= 15 is 0 Å². The average molecular weight is 251 g/mol. The van der Waals surface area contributed by atoms with Gasteiger partial charge in [-0.3, -0.25) is 14.6 Å². The third-order valence-corrected chi connectivity index (χ3v) is 2.69. The first-order chi connectivity index (χ1) is 8.56. The number of carbonyl (C=O) groups excluding carboxylic acids is 1. The number of pyridine rings is 1. The van der Waals surface area contributed by atoms with Crippen LogP contribution in [-0.2, 0) is 4.79 Å². The SMILES string of the molecule is NCCC(C[C@H](N)C(=O)O)C(=O)c1cccnc1. The summed E-state index contributed by atoms with van der Waals surface area (Å²) in [4.78, 5) is 26.7. The van der Waals surface area contributed by atoms with E-state index in [-0.39, 0.29) is 12.2 Å². The lowest BCUT2D eigenvalue weighted by atomic mass is 9.89. The van der Waals surface area contributed by atoms with E-state index in [2.05, 4.69) is 4.98 Å². The maximum Gasteiger partial charge on any atom is 0.320 e. The molecule has 0 aliphatic heterocycles. The second kappa shape index (κ2) is 6.83. The molecule has 0 aliphatic rings. The summed E-state index contributed by atoms with van der Waals surface area (Å²) in [6.45, 7) is 0.309. The topological polar surface area (TPSA) is 119 Å². The minimum absolute atomic E-state index is 0.0836. The third kappa shape index (κ3) is 3.90. The van der Waals surface area contributed by atoms with E-state index in [0.717, 1.165) is 0 Å². The molecule has 1 unspecified atom stereocenters. The van der Waals surface area contributed by atoms with Gasteiger partial charge in [0.2, 0.25) is 0 Å². The van der Waals surface area contributed by atoms with Gasteiger partial charge in [-0.2, -0.15) is 0 Å². The number of ketones is 1. The zero-order valence-electron chi connectivity index (χ0n) is 9.95. The van der Waals surface area contributed by atoms with Gasteiger partial charge in [0.15, 0.2) is 5.78 Å². The third-order valence-electron chi connectivity index (χ3n) is 2.69. The van der Waals surface area contributed by atoms with Crippen LogP contribution in [0.3, 0.4) is 0 Å². The van der Waals surface area contributed by atoms with Gasteiger partial charge in [0.1, 0.15) is 6.04 Å². The van der Waals surface area contributed by atoms with Crippen LogP contribution in [0.25, 0.3) is 0 Å². The van der Waals surface area contributed by atoms with Gasteiger partial charge in [0.05, 0.1) is 0 Å². The molecule has 6 heteroatoms. The Balaban J connectivity index is 2.78. The molecule has 1 heterocycles. The number of carbonyl (C=O) groups is 2. The molecule has 18 heavy (non-hydrogen) atoms.